The average Bonchev–Trinajstić information content (AvgIpc) is 2.73. The predicted octanol–water partition coefficient (Wildman–Crippen LogP) is 2.06. The molecule has 0 amide bonds. The first-order valence-electron chi connectivity index (χ1n) is 9.66. The van der Waals surface area contributed by atoms with Gasteiger partial charge in [0, 0.05) is 32.1 Å². The van der Waals surface area contributed by atoms with Crippen molar-refractivity contribution < 1.29 is 0 Å². The Balaban J connectivity index is 2.21. The van der Waals surface area contributed by atoms with Crippen LogP contribution in [0.5, 0.6) is 0 Å². The maximum atomic E-state index is 9.91. The van der Waals surface area contributed by atoms with Crippen LogP contribution in [-0.4, -0.2) is 49.1 Å². The maximum Gasteiger partial charge on any atom is 0.205 e. The molecule has 140 valence electrons. The molecule has 3 rings (SSSR count). The maximum absolute atomic E-state index is 9.91. The van der Waals surface area contributed by atoms with Gasteiger partial charge in [0.05, 0.1) is 23.4 Å². The van der Waals surface area contributed by atoms with Gasteiger partial charge in [-0.25, -0.2) is 0 Å². The molecule has 0 unspecified atom stereocenters. The molecule has 1 atom stereocenters. The first-order chi connectivity index (χ1) is 13.1. The fourth-order valence-corrected chi connectivity index (χ4v) is 4.61. The highest BCUT2D eigenvalue weighted by Crippen LogP contribution is 2.50. The van der Waals surface area contributed by atoms with Crippen molar-refractivity contribution >= 4 is 0 Å². The summed E-state index contributed by atoms with van der Waals surface area (Å²) in [5.74, 6) is -0.108. The van der Waals surface area contributed by atoms with Crippen molar-refractivity contribution in [3.63, 3.8) is 0 Å². The molecule has 1 aliphatic carbocycles. The zero-order valence-corrected chi connectivity index (χ0v) is 16.1. The van der Waals surface area contributed by atoms with E-state index in [9.17, 15) is 15.8 Å². The molecule has 2 N–H and O–H groups in total. The highest BCUT2D eigenvalue weighted by molar-refractivity contribution is 5.64. The summed E-state index contributed by atoms with van der Waals surface area (Å²) in [6.07, 6.45) is 3.81. The second-order valence-corrected chi connectivity index (χ2v) is 7.39. The molecular formula is C21H26N6. The van der Waals surface area contributed by atoms with E-state index in [1.807, 2.05) is 6.08 Å². The van der Waals surface area contributed by atoms with Crippen LogP contribution in [0.3, 0.4) is 0 Å². The van der Waals surface area contributed by atoms with Crippen LogP contribution in [0.4, 0.5) is 0 Å². The van der Waals surface area contributed by atoms with Gasteiger partial charge < -0.3 is 10.6 Å². The van der Waals surface area contributed by atoms with E-state index in [0.29, 0.717) is 12.1 Å². The number of fused-ring (bicyclic) bond motifs is 1. The topological polar surface area (TPSA) is 104 Å². The van der Waals surface area contributed by atoms with Gasteiger partial charge in [-0.05, 0) is 37.1 Å². The number of nitrogens with two attached hydrogens (primary N) is 1. The Hall–Kier alpha value is -2.59. The molecule has 6 heteroatoms. The minimum Gasteiger partial charge on any atom is -0.398 e. The monoisotopic (exact) mass is 362 g/mol. The van der Waals surface area contributed by atoms with E-state index in [2.05, 4.69) is 41.9 Å². The van der Waals surface area contributed by atoms with Crippen LogP contribution in [0.2, 0.25) is 0 Å². The second kappa shape index (κ2) is 7.57. The van der Waals surface area contributed by atoms with Crippen LogP contribution in [-0.2, 0) is 0 Å². The Labute approximate surface area is 161 Å². The van der Waals surface area contributed by atoms with Crippen molar-refractivity contribution in [3.05, 3.63) is 34.1 Å². The molecular weight excluding hydrogens is 336 g/mol. The molecule has 1 fully saturated rings. The third-order valence-corrected chi connectivity index (χ3v) is 6.29. The Kier molecular flexibility index (Phi) is 5.38. The molecule has 0 aromatic carbocycles. The number of hydrogen-bond acceptors (Lipinski definition) is 6. The Bertz CT molecular complexity index is 817. The zero-order chi connectivity index (χ0) is 19.6. The largest absolute Gasteiger partial charge is 0.398 e. The number of nitriles is 3. The minimum absolute atomic E-state index is 0.108. The summed E-state index contributed by atoms with van der Waals surface area (Å²) >= 11 is 0. The lowest BCUT2D eigenvalue weighted by Gasteiger charge is -2.43. The van der Waals surface area contributed by atoms with Crippen molar-refractivity contribution in [3.8, 4) is 18.2 Å². The summed E-state index contributed by atoms with van der Waals surface area (Å²) in [7, 11) is 0. The van der Waals surface area contributed by atoms with Gasteiger partial charge in [-0.1, -0.05) is 25.5 Å². The number of nitrogens with zero attached hydrogens (tertiary/aromatic N) is 5. The fraction of sp³-hybridized carbons (Fsp3) is 0.571. The number of piperidine rings is 1. The van der Waals surface area contributed by atoms with E-state index < -0.39 is 5.41 Å². The molecule has 6 nitrogen and oxygen atoms in total. The van der Waals surface area contributed by atoms with Crippen LogP contribution in [0, 0.1) is 45.3 Å². The summed E-state index contributed by atoms with van der Waals surface area (Å²) < 4.78 is 0. The van der Waals surface area contributed by atoms with Crippen molar-refractivity contribution in [2.75, 3.05) is 39.3 Å². The molecule has 1 saturated heterocycles. The van der Waals surface area contributed by atoms with E-state index in [4.69, 9.17) is 5.73 Å². The second-order valence-electron chi connectivity index (χ2n) is 7.39. The van der Waals surface area contributed by atoms with Gasteiger partial charge in [-0.2, -0.15) is 15.8 Å². The van der Waals surface area contributed by atoms with Gasteiger partial charge in [0.25, 0.3) is 0 Å². The number of rotatable bonds is 2. The molecule has 0 aromatic rings. The average molecular weight is 362 g/mol. The highest BCUT2D eigenvalue weighted by atomic mass is 15.1. The van der Waals surface area contributed by atoms with Crippen LogP contribution >= 0.6 is 0 Å². The van der Waals surface area contributed by atoms with Crippen LogP contribution in [0.15, 0.2) is 34.1 Å². The number of hydrogen-bond donors (Lipinski definition) is 1. The zero-order valence-electron chi connectivity index (χ0n) is 16.1. The molecule has 0 spiro atoms. The van der Waals surface area contributed by atoms with E-state index in [0.717, 1.165) is 56.7 Å². The lowest BCUT2D eigenvalue weighted by molar-refractivity contribution is 0.255. The summed E-state index contributed by atoms with van der Waals surface area (Å²) in [6, 6.07) is 6.53. The van der Waals surface area contributed by atoms with Crippen molar-refractivity contribution in [2.45, 2.75) is 26.7 Å². The van der Waals surface area contributed by atoms with Crippen LogP contribution < -0.4 is 5.73 Å². The first-order valence-corrected chi connectivity index (χ1v) is 9.66. The number of likely N-dealkylation sites (tertiary alicyclic amines) is 1. The van der Waals surface area contributed by atoms with Gasteiger partial charge in [0.2, 0.25) is 5.41 Å². The van der Waals surface area contributed by atoms with Crippen LogP contribution in [0.1, 0.15) is 26.7 Å². The summed E-state index contributed by atoms with van der Waals surface area (Å²) in [5, 5.41) is 29.7. The summed E-state index contributed by atoms with van der Waals surface area (Å²) in [5.41, 5.74) is 8.29. The minimum atomic E-state index is -1.52. The lowest BCUT2D eigenvalue weighted by Crippen LogP contribution is -2.46. The molecule has 0 aromatic heterocycles. The molecule has 0 saturated carbocycles. The van der Waals surface area contributed by atoms with E-state index in [1.54, 1.807) is 0 Å². The molecule has 3 aliphatic rings. The molecule has 2 heterocycles. The normalized spacial score (nSPS) is 25.9. The van der Waals surface area contributed by atoms with E-state index in [1.165, 1.54) is 5.57 Å². The smallest absolute Gasteiger partial charge is 0.205 e. The fourth-order valence-electron chi connectivity index (χ4n) is 4.61. The Morgan fingerprint density at radius 3 is 2.26 bits per heavy atom. The van der Waals surface area contributed by atoms with Gasteiger partial charge in [-0.15, -0.1) is 0 Å². The van der Waals surface area contributed by atoms with E-state index in [-0.39, 0.29) is 11.6 Å². The van der Waals surface area contributed by atoms with Crippen molar-refractivity contribution in [2.24, 2.45) is 17.1 Å². The van der Waals surface area contributed by atoms with Gasteiger partial charge in [0.1, 0.15) is 6.07 Å². The van der Waals surface area contributed by atoms with Gasteiger partial charge in [0.15, 0.2) is 0 Å². The Morgan fingerprint density at radius 1 is 1.11 bits per heavy atom. The van der Waals surface area contributed by atoms with Crippen molar-refractivity contribution in [1.82, 2.24) is 9.80 Å². The third-order valence-electron chi connectivity index (χ3n) is 6.29. The van der Waals surface area contributed by atoms with E-state index >= 15 is 0 Å². The quantitative estimate of drug-likeness (QED) is 0.754. The molecule has 2 aliphatic heterocycles. The van der Waals surface area contributed by atoms with Gasteiger partial charge >= 0.3 is 0 Å². The van der Waals surface area contributed by atoms with Gasteiger partial charge in [-0.3, -0.25) is 4.90 Å². The molecule has 0 radical (unpaired) electrons. The SMILES string of the molecule is CCN1CCC(=C2C(C#N)=C(N)C(C#N)(C#N)C3=CCN(CC)C[C@H]32)CC1. The first kappa shape index (κ1) is 19.2. The molecule has 0 bridgehead atoms. The Morgan fingerprint density at radius 2 is 1.74 bits per heavy atom. The van der Waals surface area contributed by atoms with Crippen LogP contribution in [0.25, 0.3) is 0 Å². The lowest BCUT2D eigenvalue weighted by atomic mass is 9.62. The standard InChI is InChI=1S/C21H26N6/c1-3-26-8-5-15(6-9-26)19-16(11-22)20(25)21(13-23,14-24)18-7-10-27(4-2)12-17(18)19/h7,17H,3-6,8-10,12,25H2,1-2H3/t17-/m1/s1. The summed E-state index contributed by atoms with van der Waals surface area (Å²) in [4.78, 5) is 4.68. The molecule has 27 heavy (non-hydrogen) atoms. The summed E-state index contributed by atoms with van der Waals surface area (Å²) in [6.45, 7) is 9.54. The number of allylic oxidation sites excluding steroid dienone is 2. The van der Waals surface area contributed by atoms with Crippen molar-refractivity contribution in [1.29, 1.82) is 15.8 Å². The third kappa shape index (κ3) is 2.94. The predicted molar refractivity (Wildman–Crippen MR) is 103 cm³/mol. The highest BCUT2D eigenvalue weighted by Gasteiger charge is 2.50. The number of likely N-dealkylation sites (N-methyl/N-ethyl adjacent to an activating group) is 1.